The summed E-state index contributed by atoms with van der Waals surface area (Å²) in [6.45, 7) is 2.96. The second-order valence-corrected chi connectivity index (χ2v) is 5.56. The summed E-state index contributed by atoms with van der Waals surface area (Å²) >= 11 is 1.82. The molecular weight excluding hydrogens is 257 g/mol. The van der Waals surface area contributed by atoms with E-state index in [0.717, 1.165) is 17.9 Å². The quantitative estimate of drug-likeness (QED) is 0.624. The highest BCUT2D eigenvalue weighted by molar-refractivity contribution is 7.99. The number of hydrogen-bond acceptors (Lipinski definition) is 2. The zero-order chi connectivity index (χ0) is 13.5. The van der Waals surface area contributed by atoms with E-state index in [0.29, 0.717) is 0 Å². The molecule has 100 valence electrons. The molecule has 19 heavy (non-hydrogen) atoms. The zero-order valence-corrected chi connectivity index (χ0v) is 11.8. The summed E-state index contributed by atoms with van der Waals surface area (Å²) in [7, 11) is 0. The minimum absolute atomic E-state index is 0.173. The Hall–Kier alpha value is -1.32. The number of halogens is 1. The van der Waals surface area contributed by atoms with Gasteiger partial charge in [-0.2, -0.15) is 0 Å². The molecule has 2 rings (SSSR count). The summed E-state index contributed by atoms with van der Waals surface area (Å²) in [5.41, 5.74) is 0.990. The van der Waals surface area contributed by atoms with Gasteiger partial charge in [-0.25, -0.2) is 4.39 Å². The van der Waals surface area contributed by atoms with E-state index >= 15 is 0 Å². The summed E-state index contributed by atoms with van der Waals surface area (Å²) in [6, 6.07) is 17.3. The SMILES string of the molecule is C[C@H](NCCSc1ccccc1)c1cccc(F)c1. The molecule has 0 aliphatic carbocycles. The van der Waals surface area contributed by atoms with E-state index in [9.17, 15) is 4.39 Å². The maximum atomic E-state index is 13.1. The summed E-state index contributed by atoms with van der Waals surface area (Å²) in [4.78, 5) is 1.28. The van der Waals surface area contributed by atoms with Crippen molar-refractivity contribution in [1.29, 1.82) is 0 Å². The maximum Gasteiger partial charge on any atom is 0.123 e. The summed E-state index contributed by atoms with van der Waals surface area (Å²) in [6.07, 6.45) is 0. The molecule has 0 aromatic heterocycles. The van der Waals surface area contributed by atoms with Crippen LogP contribution >= 0.6 is 11.8 Å². The second-order valence-electron chi connectivity index (χ2n) is 4.39. The minimum Gasteiger partial charge on any atom is -0.309 e. The van der Waals surface area contributed by atoms with Crippen LogP contribution in [0.5, 0.6) is 0 Å². The zero-order valence-electron chi connectivity index (χ0n) is 11.0. The lowest BCUT2D eigenvalue weighted by atomic mass is 10.1. The average molecular weight is 275 g/mol. The van der Waals surface area contributed by atoms with E-state index in [4.69, 9.17) is 0 Å². The molecule has 0 amide bonds. The number of hydrogen-bond donors (Lipinski definition) is 1. The van der Waals surface area contributed by atoms with Gasteiger partial charge in [-0.05, 0) is 36.8 Å². The third-order valence-electron chi connectivity index (χ3n) is 2.91. The van der Waals surface area contributed by atoms with Gasteiger partial charge >= 0.3 is 0 Å². The van der Waals surface area contributed by atoms with Crippen molar-refractivity contribution >= 4 is 11.8 Å². The van der Waals surface area contributed by atoms with Gasteiger partial charge in [0.2, 0.25) is 0 Å². The Balaban J connectivity index is 1.74. The largest absolute Gasteiger partial charge is 0.309 e. The van der Waals surface area contributed by atoms with Gasteiger partial charge in [0.15, 0.2) is 0 Å². The molecule has 1 nitrogen and oxygen atoms in total. The molecule has 0 saturated carbocycles. The maximum absolute atomic E-state index is 13.1. The van der Waals surface area contributed by atoms with Crippen molar-refractivity contribution in [2.24, 2.45) is 0 Å². The van der Waals surface area contributed by atoms with Gasteiger partial charge in [-0.15, -0.1) is 11.8 Å². The van der Waals surface area contributed by atoms with Crippen LogP contribution in [0, 0.1) is 5.82 Å². The Morgan fingerprint density at radius 3 is 2.63 bits per heavy atom. The predicted octanol–water partition coefficient (Wildman–Crippen LogP) is 4.27. The van der Waals surface area contributed by atoms with Gasteiger partial charge in [-0.1, -0.05) is 30.3 Å². The standard InChI is InChI=1S/C16H18FNS/c1-13(14-6-5-7-15(17)12-14)18-10-11-19-16-8-3-2-4-9-16/h2-9,12-13,18H,10-11H2,1H3/t13-/m0/s1. The van der Waals surface area contributed by atoms with Crippen LogP contribution in [-0.2, 0) is 0 Å². The van der Waals surface area contributed by atoms with Gasteiger partial charge < -0.3 is 5.32 Å². The van der Waals surface area contributed by atoms with Crippen LogP contribution in [0.3, 0.4) is 0 Å². The number of nitrogens with one attached hydrogen (secondary N) is 1. The fraction of sp³-hybridized carbons (Fsp3) is 0.250. The van der Waals surface area contributed by atoms with E-state index in [1.165, 1.54) is 11.0 Å². The lowest BCUT2D eigenvalue weighted by molar-refractivity contribution is 0.585. The molecule has 1 N–H and O–H groups in total. The first-order chi connectivity index (χ1) is 9.25. The molecule has 0 bridgehead atoms. The van der Waals surface area contributed by atoms with Crippen molar-refractivity contribution < 1.29 is 4.39 Å². The van der Waals surface area contributed by atoms with Crippen molar-refractivity contribution in [3.05, 3.63) is 66.0 Å². The van der Waals surface area contributed by atoms with E-state index in [2.05, 4.69) is 24.4 Å². The van der Waals surface area contributed by atoms with Crippen LogP contribution in [0.2, 0.25) is 0 Å². The highest BCUT2D eigenvalue weighted by Gasteiger charge is 2.04. The van der Waals surface area contributed by atoms with Crippen molar-refractivity contribution in [2.75, 3.05) is 12.3 Å². The predicted molar refractivity (Wildman–Crippen MR) is 80.0 cm³/mol. The molecule has 1 atom stereocenters. The molecule has 0 aliphatic heterocycles. The van der Waals surface area contributed by atoms with Gasteiger partial charge in [0.1, 0.15) is 5.82 Å². The number of thioether (sulfide) groups is 1. The Kier molecular flexibility index (Phi) is 5.43. The van der Waals surface area contributed by atoms with Crippen LogP contribution in [-0.4, -0.2) is 12.3 Å². The second kappa shape index (κ2) is 7.31. The van der Waals surface area contributed by atoms with Crippen LogP contribution in [0.4, 0.5) is 4.39 Å². The third kappa shape index (κ3) is 4.69. The molecule has 2 aromatic rings. The van der Waals surface area contributed by atoms with Gasteiger partial charge in [-0.3, -0.25) is 0 Å². The monoisotopic (exact) mass is 275 g/mol. The van der Waals surface area contributed by atoms with Gasteiger partial charge in [0, 0.05) is 23.2 Å². The average Bonchev–Trinajstić information content (AvgIpc) is 2.44. The Morgan fingerprint density at radius 2 is 1.89 bits per heavy atom. The lowest BCUT2D eigenvalue weighted by Gasteiger charge is -2.14. The first-order valence-corrected chi connectivity index (χ1v) is 7.41. The van der Waals surface area contributed by atoms with Crippen LogP contribution in [0.25, 0.3) is 0 Å². The van der Waals surface area contributed by atoms with E-state index in [1.54, 1.807) is 12.1 Å². The molecule has 0 spiro atoms. The minimum atomic E-state index is -0.176. The molecule has 0 radical (unpaired) electrons. The molecule has 0 unspecified atom stereocenters. The fourth-order valence-corrected chi connectivity index (χ4v) is 2.66. The normalized spacial score (nSPS) is 12.3. The summed E-state index contributed by atoms with van der Waals surface area (Å²) in [5, 5.41) is 3.41. The van der Waals surface area contributed by atoms with E-state index in [-0.39, 0.29) is 11.9 Å². The summed E-state index contributed by atoms with van der Waals surface area (Å²) < 4.78 is 13.1. The molecule has 0 aliphatic rings. The molecule has 2 aromatic carbocycles. The first-order valence-electron chi connectivity index (χ1n) is 6.42. The molecule has 0 saturated heterocycles. The van der Waals surface area contributed by atoms with Crippen molar-refractivity contribution in [3.63, 3.8) is 0 Å². The van der Waals surface area contributed by atoms with E-state index in [1.807, 2.05) is 36.0 Å². The molecule has 0 fully saturated rings. The Morgan fingerprint density at radius 1 is 1.11 bits per heavy atom. The molecule has 3 heteroatoms. The third-order valence-corrected chi connectivity index (χ3v) is 3.93. The molecule has 0 heterocycles. The van der Waals surface area contributed by atoms with Crippen molar-refractivity contribution in [1.82, 2.24) is 5.32 Å². The highest BCUT2D eigenvalue weighted by atomic mass is 32.2. The van der Waals surface area contributed by atoms with Gasteiger partial charge in [0.05, 0.1) is 0 Å². The number of benzene rings is 2. The van der Waals surface area contributed by atoms with Crippen LogP contribution in [0.1, 0.15) is 18.5 Å². The van der Waals surface area contributed by atoms with Crippen molar-refractivity contribution in [3.8, 4) is 0 Å². The van der Waals surface area contributed by atoms with Crippen LogP contribution in [0.15, 0.2) is 59.5 Å². The number of rotatable bonds is 6. The Bertz CT molecular complexity index is 501. The first kappa shape index (κ1) is 14.1. The molecular formula is C16H18FNS. The Labute approximate surface area is 118 Å². The van der Waals surface area contributed by atoms with Gasteiger partial charge in [0.25, 0.3) is 0 Å². The van der Waals surface area contributed by atoms with Crippen LogP contribution < -0.4 is 5.32 Å². The highest BCUT2D eigenvalue weighted by Crippen LogP contribution is 2.17. The summed E-state index contributed by atoms with van der Waals surface area (Å²) in [5.74, 6) is 0.828. The van der Waals surface area contributed by atoms with E-state index < -0.39 is 0 Å². The fourth-order valence-electron chi connectivity index (χ4n) is 1.85. The topological polar surface area (TPSA) is 12.0 Å². The smallest absolute Gasteiger partial charge is 0.123 e. The lowest BCUT2D eigenvalue weighted by Crippen LogP contribution is -2.21. The van der Waals surface area contributed by atoms with Crippen molar-refractivity contribution in [2.45, 2.75) is 17.9 Å².